The van der Waals surface area contributed by atoms with Gasteiger partial charge >= 0.3 is 0 Å². The summed E-state index contributed by atoms with van der Waals surface area (Å²) in [6.07, 6.45) is -2.52. The van der Waals surface area contributed by atoms with Gasteiger partial charge in [-0.3, -0.25) is 0 Å². The molecular formula is C9H8F2N2. The summed E-state index contributed by atoms with van der Waals surface area (Å²) in [5.41, 5.74) is 5.67. The highest BCUT2D eigenvalue weighted by Gasteiger charge is 2.09. The second-order valence-electron chi connectivity index (χ2n) is 2.58. The van der Waals surface area contributed by atoms with Crippen LogP contribution in [0.1, 0.15) is 23.6 Å². The molecule has 0 radical (unpaired) electrons. The van der Waals surface area contributed by atoms with Gasteiger partial charge in [-0.25, -0.2) is 8.78 Å². The normalized spacial score (nSPS) is 12.5. The lowest BCUT2D eigenvalue weighted by molar-refractivity contribution is 0.151. The summed E-state index contributed by atoms with van der Waals surface area (Å²) in [5.74, 6) is 0. The fourth-order valence-corrected chi connectivity index (χ4v) is 0.963. The fraction of sp³-hybridized carbons (Fsp3) is 0.222. The summed E-state index contributed by atoms with van der Waals surface area (Å²) in [6.45, 7) is 0. The lowest BCUT2D eigenvalue weighted by Gasteiger charge is -2.05. The maximum absolute atomic E-state index is 12.2. The molecule has 0 aliphatic carbocycles. The molecule has 1 aromatic rings. The van der Waals surface area contributed by atoms with Crippen LogP contribution < -0.4 is 5.73 Å². The van der Waals surface area contributed by atoms with E-state index in [-0.39, 0.29) is 5.56 Å². The number of nitrogens with two attached hydrogens (primary N) is 1. The molecule has 4 heteroatoms. The van der Waals surface area contributed by atoms with Crippen LogP contribution in [0, 0.1) is 11.3 Å². The molecule has 0 fully saturated rings. The van der Waals surface area contributed by atoms with Crippen molar-refractivity contribution in [3.63, 3.8) is 0 Å². The summed E-state index contributed by atoms with van der Waals surface area (Å²) in [6, 6.07) is 6.52. The van der Waals surface area contributed by atoms with Gasteiger partial charge in [0, 0.05) is 5.56 Å². The Balaban J connectivity index is 3.00. The molecule has 0 heterocycles. The molecule has 13 heavy (non-hydrogen) atoms. The zero-order valence-corrected chi connectivity index (χ0v) is 6.74. The van der Waals surface area contributed by atoms with Crippen LogP contribution >= 0.6 is 0 Å². The van der Waals surface area contributed by atoms with Crippen molar-refractivity contribution in [2.24, 2.45) is 5.73 Å². The SMILES string of the molecule is N#CC(N)c1cccc(C(F)F)c1. The van der Waals surface area contributed by atoms with Crippen molar-refractivity contribution in [3.8, 4) is 6.07 Å². The van der Waals surface area contributed by atoms with E-state index in [4.69, 9.17) is 11.0 Å². The van der Waals surface area contributed by atoms with E-state index < -0.39 is 12.5 Å². The van der Waals surface area contributed by atoms with Crippen LogP contribution in [0.25, 0.3) is 0 Å². The first-order valence-electron chi connectivity index (χ1n) is 3.68. The van der Waals surface area contributed by atoms with E-state index in [2.05, 4.69) is 0 Å². The number of rotatable bonds is 2. The van der Waals surface area contributed by atoms with E-state index >= 15 is 0 Å². The van der Waals surface area contributed by atoms with Crippen molar-refractivity contribution in [2.45, 2.75) is 12.5 Å². The zero-order chi connectivity index (χ0) is 9.84. The van der Waals surface area contributed by atoms with Crippen molar-refractivity contribution in [1.29, 1.82) is 5.26 Å². The van der Waals surface area contributed by atoms with E-state index in [9.17, 15) is 8.78 Å². The maximum Gasteiger partial charge on any atom is 0.263 e. The van der Waals surface area contributed by atoms with E-state index in [0.717, 1.165) is 0 Å². The lowest BCUT2D eigenvalue weighted by Crippen LogP contribution is -2.07. The molecule has 0 aliphatic heterocycles. The zero-order valence-electron chi connectivity index (χ0n) is 6.74. The summed E-state index contributed by atoms with van der Waals surface area (Å²) >= 11 is 0. The molecule has 2 N–H and O–H groups in total. The third kappa shape index (κ3) is 2.23. The quantitative estimate of drug-likeness (QED) is 0.761. The number of hydrogen-bond acceptors (Lipinski definition) is 2. The van der Waals surface area contributed by atoms with Crippen molar-refractivity contribution >= 4 is 0 Å². The first-order chi connectivity index (χ1) is 6.15. The largest absolute Gasteiger partial charge is 0.312 e. The van der Waals surface area contributed by atoms with Gasteiger partial charge in [0.05, 0.1) is 6.07 Å². The van der Waals surface area contributed by atoms with Gasteiger partial charge in [0.15, 0.2) is 0 Å². The third-order valence-electron chi connectivity index (χ3n) is 1.66. The Labute approximate surface area is 74.6 Å². The van der Waals surface area contributed by atoms with E-state index in [1.807, 2.05) is 0 Å². The maximum atomic E-state index is 12.2. The summed E-state index contributed by atoms with van der Waals surface area (Å²) in [4.78, 5) is 0. The number of nitriles is 1. The number of halogens is 2. The molecule has 1 unspecified atom stereocenters. The molecule has 1 aromatic carbocycles. The van der Waals surface area contributed by atoms with Crippen LogP contribution in [-0.2, 0) is 0 Å². The highest BCUT2D eigenvalue weighted by molar-refractivity contribution is 5.29. The minimum atomic E-state index is -2.52. The van der Waals surface area contributed by atoms with Crippen LogP contribution in [0.5, 0.6) is 0 Å². The Hall–Kier alpha value is -1.47. The van der Waals surface area contributed by atoms with Gasteiger partial charge in [-0.2, -0.15) is 5.26 Å². The molecule has 1 rings (SSSR count). The fourth-order valence-electron chi connectivity index (χ4n) is 0.963. The predicted octanol–water partition coefficient (Wildman–Crippen LogP) is 2.15. The molecular weight excluding hydrogens is 174 g/mol. The standard InChI is InChI=1S/C9H8F2N2/c10-9(11)7-3-1-2-6(4-7)8(13)5-12/h1-4,8-9H,13H2. The van der Waals surface area contributed by atoms with Gasteiger partial charge in [-0.05, 0) is 11.6 Å². The van der Waals surface area contributed by atoms with Gasteiger partial charge in [-0.15, -0.1) is 0 Å². The number of alkyl halides is 2. The van der Waals surface area contributed by atoms with Crippen LogP contribution in [0.4, 0.5) is 8.78 Å². The molecule has 0 bridgehead atoms. The predicted molar refractivity (Wildman–Crippen MR) is 43.9 cm³/mol. The van der Waals surface area contributed by atoms with Gasteiger partial charge < -0.3 is 5.73 Å². The molecule has 0 amide bonds. The lowest BCUT2D eigenvalue weighted by atomic mass is 10.1. The number of hydrogen-bond donors (Lipinski definition) is 1. The average molecular weight is 182 g/mol. The van der Waals surface area contributed by atoms with Gasteiger partial charge in [0.2, 0.25) is 0 Å². The summed E-state index contributed by atoms with van der Waals surface area (Å²) in [7, 11) is 0. The molecule has 68 valence electrons. The van der Waals surface area contributed by atoms with Gasteiger partial charge in [0.1, 0.15) is 6.04 Å². The Kier molecular flexibility index (Phi) is 2.93. The van der Waals surface area contributed by atoms with E-state index in [1.165, 1.54) is 18.2 Å². The average Bonchev–Trinajstić information content (AvgIpc) is 2.17. The summed E-state index contributed by atoms with van der Waals surface area (Å²) in [5, 5.41) is 8.46. The smallest absolute Gasteiger partial charge is 0.263 e. The van der Waals surface area contributed by atoms with E-state index in [0.29, 0.717) is 5.56 Å². The van der Waals surface area contributed by atoms with E-state index in [1.54, 1.807) is 12.1 Å². The Morgan fingerprint density at radius 3 is 2.46 bits per heavy atom. The van der Waals surface area contributed by atoms with Gasteiger partial charge in [0.25, 0.3) is 6.43 Å². The van der Waals surface area contributed by atoms with Crippen molar-refractivity contribution in [3.05, 3.63) is 35.4 Å². The topological polar surface area (TPSA) is 49.8 Å². The van der Waals surface area contributed by atoms with Crippen molar-refractivity contribution in [2.75, 3.05) is 0 Å². The first-order valence-corrected chi connectivity index (χ1v) is 3.68. The monoisotopic (exact) mass is 182 g/mol. The first kappa shape index (κ1) is 9.62. The number of benzene rings is 1. The third-order valence-corrected chi connectivity index (χ3v) is 1.66. The minimum Gasteiger partial charge on any atom is -0.312 e. The second-order valence-corrected chi connectivity index (χ2v) is 2.58. The van der Waals surface area contributed by atoms with Gasteiger partial charge in [-0.1, -0.05) is 18.2 Å². The molecule has 0 saturated heterocycles. The second kappa shape index (κ2) is 3.97. The van der Waals surface area contributed by atoms with Crippen LogP contribution in [-0.4, -0.2) is 0 Å². The van der Waals surface area contributed by atoms with Crippen molar-refractivity contribution < 1.29 is 8.78 Å². The molecule has 0 spiro atoms. The molecule has 1 atom stereocenters. The highest BCUT2D eigenvalue weighted by atomic mass is 19.3. The Morgan fingerprint density at radius 1 is 1.31 bits per heavy atom. The minimum absolute atomic E-state index is 0.108. The molecule has 0 aromatic heterocycles. The molecule has 2 nitrogen and oxygen atoms in total. The Bertz CT molecular complexity index is 331. The van der Waals surface area contributed by atoms with Crippen molar-refractivity contribution in [1.82, 2.24) is 0 Å². The van der Waals surface area contributed by atoms with Crippen LogP contribution in [0.2, 0.25) is 0 Å². The highest BCUT2D eigenvalue weighted by Crippen LogP contribution is 2.21. The van der Waals surface area contributed by atoms with Crippen LogP contribution in [0.15, 0.2) is 24.3 Å². The summed E-state index contributed by atoms with van der Waals surface area (Å²) < 4.78 is 24.4. The van der Waals surface area contributed by atoms with Crippen LogP contribution in [0.3, 0.4) is 0 Å². The molecule has 0 aliphatic rings. The number of nitrogens with zero attached hydrogens (tertiary/aromatic N) is 1. The Morgan fingerprint density at radius 2 is 1.92 bits per heavy atom. The molecule has 0 saturated carbocycles.